The van der Waals surface area contributed by atoms with Gasteiger partial charge in [0.2, 0.25) is 0 Å². The van der Waals surface area contributed by atoms with Crippen LogP contribution in [0.4, 0.5) is 11.5 Å². The summed E-state index contributed by atoms with van der Waals surface area (Å²) in [6.07, 6.45) is 0.714. The van der Waals surface area contributed by atoms with Crippen molar-refractivity contribution in [3.05, 3.63) is 77.9 Å². The number of carbonyl (C=O) groups is 1. The number of hydrogen-bond donors (Lipinski definition) is 2. The van der Waals surface area contributed by atoms with Gasteiger partial charge < -0.3 is 10.1 Å². The van der Waals surface area contributed by atoms with Crippen molar-refractivity contribution < 1.29 is 17.9 Å². The minimum Gasteiger partial charge on any atom is -0.481 e. The third kappa shape index (κ3) is 5.69. The number of nitrogens with zero attached hydrogens (tertiary/aromatic N) is 1. The van der Waals surface area contributed by atoms with Crippen molar-refractivity contribution in [2.45, 2.75) is 17.9 Å². The smallest absolute Gasteiger partial charge is 0.265 e. The molecular weight excluding hydrogens is 414 g/mol. The summed E-state index contributed by atoms with van der Waals surface area (Å²) in [4.78, 5) is 16.3. The first kappa shape index (κ1) is 20.6. The second kappa shape index (κ2) is 8.93. The fourth-order valence-electron chi connectivity index (χ4n) is 2.38. The summed E-state index contributed by atoms with van der Waals surface area (Å²) in [7, 11) is -3.78. The van der Waals surface area contributed by atoms with E-state index in [9.17, 15) is 13.2 Å². The highest BCUT2D eigenvalue weighted by molar-refractivity contribution is 7.92. The van der Waals surface area contributed by atoms with E-state index >= 15 is 0 Å². The molecule has 150 valence electrons. The van der Waals surface area contributed by atoms with Crippen molar-refractivity contribution in [1.82, 2.24) is 4.98 Å². The third-order valence-corrected chi connectivity index (χ3v) is 5.42. The van der Waals surface area contributed by atoms with Crippen molar-refractivity contribution in [3.8, 4) is 5.75 Å². The van der Waals surface area contributed by atoms with E-state index in [1.54, 1.807) is 49.4 Å². The van der Waals surface area contributed by atoms with Crippen LogP contribution in [0, 0.1) is 0 Å². The van der Waals surface area contributed by atoms with E-state index in [1.807, 2.05) is 0 Å². The molecule has 0 aliphatic heterocycles. The number of carbonyl (C=O) groups excluding carboxylic acids is 1. The number of halogens is 1. The number of pyridine rings is 1. The Balaban J connectivity index is 1.63. The Morgan fingerprint density at radius 3 is 2.48 bits per heavy atom. The maximum Gasteiger partial charge on any atom is 0.265 e. The van der Waals surface area contributed by atoms with Gasteiger partial charge in [-0.05, 0) is 61.5 Å². The highest BCUT2D eigenvalue weighted by atomic mass is 35.5. The number of nitrogens with one attached hydrogen (secondary N) is 2. The maximum absolute atomic E-state index is 12.4. The van der Waals surface area contributed by atoms with Gasteiger partial charge in [0.05, 0.1) is 4.90 Å². The molecule has 1 aromatic heterocycles. The number of anilines is 2. The lowest BCUT2D eigenvalue weighted by molar-refractivity contribution is -0.122. The van der Waals surface area contributed by atoms with Gasteiger partial charge >= 0.3 is 0 Å². The Morgan fingerprint density at radius 2 is 1.83 bits per heavy atom. The molecule has 1 heterocycles. The second-order valence-electron chi connectivity index (χ2n) is 6.05. The highest BCUT2D eigenvalue weighted by Gasteiger charge is 2.17. The van der Waals surface area contributed by atoms with Crippen molar-refractivity contribution in [1.29, 1.82) is 0 Å². The van der Waals surface area contributed by atoms with Crippen LogP contribution in [0.15, 0.2) is 77.8 Å². The molecular formula is C20H18ClN3O4S. The zero-order valence-electron chi connectivity index (χ0n) is 15.4. The van der Waals surface area contributed by atoms with Crippen LogP contribution < -0.4 is 14.8 Å². The SMILES string of the molecule is C[C@@H](Oc1cccc(Cl)c1)C(=O)Nc1ccc(S(=O)(=O)Nc2ccccn2)cc1. The molecule has 2 aromatic carbocycles. The Hall–Kier alpha value is -3.10. The summed E-state index contributed by atoms with van der Waals surface area (Å²) >= 11 is 5.90. The number of sulfonamides is 1. The lowest BCUT2D eigenvalue weighted by atomic mass is 10.3. The van der Waals surface area contributed by atoms with Crippen molar-refractivity contribution in [2.75, 3.05) is 10.0 Å². The molecule has 0 saturated heterocycles. The normalized spacial score (nSPS) is 12.1. The summed E-state index contributed by atoms with van der Waals surface area (Å²) in [5.74, 6) is 0.311. The molecule has 0 radical (unpaired) electrons. The van der Waals surface area contributed by atoms with E-state index in [-0.39, 0.29) is 16.6 Å². The van der Waals surface area contributed by atoms with Crippen LogP contribution in [-0.2, 0) is 14.8 Å². The van der Waals surface area contributed by atoms with E-state index in [0.29, 0.717) is 16.5 Å². The van der Waals surface area contributed by atoms with Crippen LogP contribution >= 0.6 is 11.6 Å². The molecule has 0 aliphatic rings. The number of benzene rings is 2. The quantitative estimate of drug-likeness (QED) is 0.590. The molecule has 0 saturated carbocycles. The minimum absolute atomic E-state index is 0.0457. The summed E-state index contributed by atoms with van der Waals surface area (Å²) in [6, 6.07) is 17.4. The molecule has 2 N–H and O–H groups in total. The van der Waals surface area contributed by atoms with E-state index in [4.69, 9.17) is 16.3 Å². The van der Waals surface area contributed by atoms with E-state index in [0.717, 1.165) is 0 Å². The first-order valence-electron chi connectivity index (χ1n) is 8.60. The number of rotatable bonds is 7. The van der Waals surface area contributed by atoms with Gasteiger partial charge in [0, 0.05) is 16.9 Å². The molecule has 9 heteroatoms. The zero-order chi connectivity index (χ0) is 20.9. The Bertz CT molecular complexity index is 1090. The highest BCUT2D eigenvalue weighted by Crippen LogP contribution is 2.20. The van der Waals surface area contributed by atoms with Crippen LogP contribution in [0.5, 0.6) is 5.75 Å². The van der Waals surface area contributed by atoms with Gasteiger partial charge in [0.1, 0.15) is 11.6 Å². The molecule has 3 rings (SSSR count). The van der Waals surface area contributed by atoms with Gasteiger partial charge in [-0.15, -0.1) is 0 Å². The second-order valence-corrected chi connectivity index (χ2v) is 8.17. The molecule has 1 atom stereocenters. The lowest BCUT2D eigenvalue weighted by Gasteiger charge is -2.15. The maximum atomic E-state index is 12.4. The van der Waals surface area contributed by atoms with Crippen molar-refractivity contribution in [3.63, 3.8) is 0 Å². The fraction of sp³-hybridized carbons (Fsp3) is 0.100. The average Bonchev–Trinajstić information content (AvgIpc) is 2.69. The summed E-state index contributed by atoms with van der Waals surface area (Å²) in [6.45, 7) is 1.60. The Kier molecular flexibility index (Phi) is 6.36. The van der Waals surface area contributed by atoms with Crippen LogP contribution in [0.3, 0.4) is 0 Å². The molecule has 7 nitrogen and oxygen atoms in total. The summed E-state index contributed by atoms with van der Waals surface area (Å²) < 4.78 is 32.8. The van der Waals surface area contributed by atoms with Gasteiger partial charge in [0.25, 0.3) is 15.9 Å². The molecule has 0 bridgehead atoms. The van der Waals surface area contributed by atoms with Crippen LogP contribution in [0.2, 0.25) is 5.02 Å². The topological polar surface area (TPSA) is 97.4 Å². The fourth-order valence-corrected chi connectivity index (χ4v) is 3.57. The summed E-state index contributed by atoms with van der Waals surface area (Å²) in [5, 5.41) is 3.19. The predicted molar refractivity (Wildman–Crippen MR) is 112 cm³/mol. The van der Waals surface area contributed by atoms with E-state index in [1.165, 1.54) is 30.5 Å². The molecule has 1 amide bonds. The molecule has 3 aromatic rings. The Labute approximate surface area is 173 Å². The van der Waals surface area contributed by atoms with E-state index < -0.39 is 16.1 Å². The lowest BCUT2D eigenvalue weighted by Crippen LogP contribution is -2.30. The standard InChI is InChI=1S/C20H18ClN3O4S/c1-14(28-17-6-4-5-15(21)13-17)20(25)23-16-8-10-18(11-9-16)29(26,27)24-19-7-2-3-12-22-19/h2-14H,1H3,(H,22,24)(H,23,25)/t14-/m1/s1. The predicted octanol–water partition coefficient (Wildman–Crippen LogP) is 3.94. The monoisotopic (exact) mass is 431 g/mol. The molecule has 0 fully saturated rings. The molecule has 0 unspecified atom stereocenters. The van der Waals surface area contributed by atoms with Gasteiger partial charge in [-0.2, -0.15) is 0 Å². The Morgan fingerprint density at radius 1 is 1.07 bits per heavy atom. The van der Waals surface area contributed by atoms with E-state index in [2.05, 4.69) is 15.0 Å². The average molecular weight is 432 g/mol. The summed E-state index contributed by atoms with van der Waals surface area (Å²) in [5.41, 5.74) is 0.438. The number of aromatic nitrogens is 1. The van der Waals surface area contributed by atoms with Gasteiger partial charge in [-0.3, -0.25) is 9.52 Å². The first-order valence-corrected chi connectivity index (χ1v) is 10.5. The molecule has 29 heavy (non-hydrogen) atoms. The van der Waals surface area contributed by atoms with Gasteiger partial charge in [-0.1, -0.05) is 23.7 Å². The van der Waals surface area contributed by atoms with Crippen LogP contribution in [-0.4, -0.2) is 25.4 Å². The largest absolute Gasteiger partial charge is 0.481 e. The first-order chi connectivity index (χ1) is 13.8. The van der Waals surface area contributed by atoms with Crippen molar-refractivity contribution >= 4 is 39.0 Å². The van der Waals surface area contributed by atoms with Crippen LogP contribution in [0.25, 0.3) is 0 Å². The zero-order valence-corrected chi connectivity index (χ0v) is 16.9. The van der Waals surface area contributed by atoms with Crippen molar-refractivity contribution in [2.24, 2.45) is 0 Å². The third-order valence-electron chi connectivity index (χ3n) is 3.81. The number of amides is 1. The minimum atomic E-state index is -3.78. The van der Waals surface area contributed by atoms with Crippen LogP contribution in [0.1, 0.15) is 6.92 Å². The van der Waals surface area contributed by atoms with Gasteiger partial charge in [-0.25, -0.2) is 13.4 Å². The molecule has 0 spiro atoms. The number of hydrogen-bond acceptors (Lipinski definition) is 5. The molecule has 0 aliphatic carbocycles. The van der Waals surface area contributed by atoms with Gasteiger partial charge in [0.15, 0.2) is 6.10 Å². The number of ether oxygens (including phenoxy) is 1.